The van der Waals surface area contributed by atoms with E-state index in [1.54, 1.807) is 19.2 Å². The monoisotopic (exact) mass is 491 g/mol. The summed E-state index contributed by atoms with van der Waals surface area (Å²) in [7, 11) is 3.90. The first kappa shape index (κ1) is 25.6. The molecule has 0 heterocycles. The molecule has 3 unspecified atom stereocenters. The van der Waals surface area contributed by atoms with E-state index in [1.165, 1.54) is 11.1 Å². The molecule has 0 bridgehead atoms. The number of rotatable bonds is 11. The van der Waals surface area contributed by atoms with E-state index in [0.717, 1.165) is 47.6 Å². The van der Waals surface area contributed by atoms with Crippen LogP contribution in [0.4, 0.5) is 4.39 Å². The highest BCUT2D eigenvalue weighted by atomic mass is 31.1. The lowest BCUT2D eigenvalue weighted by atomic mass is 9.89. The van der Waals surface area contributed by atoms with Crippen LogP contribution in [-0.4, -0.2) is 21.0 Å². The first-order valence-corrected chi connectivity index (χ1v) is 13.3. The van der Waals surface area contributed by atoms with E-state index < -0.39 is 0 Å². The largest absolute Gasteiger partial charge is 0.467 e. The van der Waals surface area contributed by atoms with E-state index in [2.05, 4.69) is 66.1 Å². The van der Waals surface area contributed by atoms with Gasteiger partial charge in [0.1, 0.15) is 11.6 Å². The SMILES string of the molecule is CNCc1cc(F)ccc1Pc1cc(CC2C=CC=CC2)cc(CC2C=CC=CC2)c1OCOC. The topological polar surface area (TPSA) is 30.5 Å². The summed E-state index contributed by atoms with van der Waals surface area (Å²) in [5.74, 6) is 1.65. The van der Waals surface area contributed by atoms with Crippen LogP contribution in [0.5, 0.6) is 5.75 Å². The van der Waals surface area contributed by atoms with Crippen molar-refractivity contribution >= 4 is 19.2 Å². The molecule has 5 heteroatoms. The number of hydrogen-bond donors (Lipinski definition) is 1. The van der Waals surface area contributed by atoms with E-state index in [1.807, 2.05) is 13.1 Å². The minimum Gasteiger partial charge on any atom is -0.467 e. The van der Waals surface area contributed by atoms with Crippen LogP contribution in [0.25, 0.3) is 0 Å². The molecule has 0 saturated carbocycles. The van der Waals surface area contributed by atoms with E-state index in [9.17, 15) is 4.39 Å². The number of halogens is 1. The molecule has 0 saturated heterocycles. The Kier molecular flexibility index (Phi) is 9.48. The van der Waals surface area contributed by atoms with Crippen molar-refractivity contribution < 1.29 is 13.9 Å². The number of allylic oxidation sites excluding steroid dienone is 8. The van der Waals surface area contributed by atoms with Crippen molar-refractivity contribution in [2.24, 2.45) is 11.8 Å². The minimum atomic E-state index is -0.205. The summed E-state index contributed by atoms with van der Waals surface area (Å²) in [6, 6.07) is 9.73. The number of nitrogens with one attached hydrogen (secondary N) is 1. The third kappa shape index (κ3) is 7.24. The van der Waals surface area contributed by atoms with Crippen LogP contribution >= 0.6 is 8.58 Å². The third-order valence-electron chi connectivity index (χ3n) is 6.37. The van der Waals surface area contributed by atoms with Crippen molar-refractivity contribution in [2.75, 3.05) is 21.0 Å². The molecule has 0 fully saturated rings. The zero-order chi connectivity index (χ0) is 24.5. The van der Waals surface area contributed by atoms with Crippen molar-refractivity contribution in [1.82, 2.24) is 5.32 Å². The van der Waals surface area contributed by atoms with Crippen molar-refractivity contribution in [3.63, 3.8) is 0 Å². The van der Waals surface area contributed by atoms with Gasteiger partial charge in [-0.2, -0.15) is 0 Å². The second-order valence-electron chi connectivity index (χ2n) is 9.17. The van der Waals surface area contributed by atoms with E-state index in [0.29, 0.717) is 27.0 Å². The summed E-state index contributed by atoms with van der Waals surface area (Å²) >= 11 is 0. The fourth-order valence-corrected chi connectivity index (χ4v) is 6.10. The average molecular weight is 492 g/mol. The molecular weight excluding hydrogens is 456 g/mol. The van der Waals surface area contributed by atoms with Crippen LogP contribution in [0.15, 0.2) is 78.9 Å². The van der Waals surface area contributed by atoms with Crippen LogP contribution in [0.3, 0.4) is 0 Å². The molecule has 2 aromatic carbocycles. The number of hydrogen-bond acceptors (Lipinski definition) is 3. The van der Waals surface area contributed by atoms with Crippen molar-refractivity contribution in [1.29, 1.82) is 0 Å². The Morgan fingerprint density at radius 3 is 2.31 bits per heavy atom. The molecule has 2 aliphatic rings. The summed E-state index contributed by atoms with van der Waals surface area (Å²) in [6.07, 6.45) is 21.6. The van der Waals surface area contributed by atoms with E-state index in [-0.39, 0.29) is 12.6 Å². The Morgan fingerprint density at radius 2 is 1.66 bits per heavy atom. The Labute approximate surface area is 210 Å². The van der Waals surface area contributed by atoms with Gasteiger partial charge in [-0.25, -0.2) is 4.39 Å². The standard InChI is InChI=1S/C30H35FNO2P/c1-32-20-26-19-27(31)13-14-28(26)35-29-18-24(15-22-9-5-3-6-10-22)17-25(30(29)34-21-33-2)16-23-11-7-4-8-12-23/h3-9,11,13-14,17-19,22-23,32,35H,10,12,15-16,20-21H2,1-2H3. The molecule has 35 heavy (non-hydrogen) atoms. The predicted octanol–water partition coefficient (Wildman–Crippen LogP) is 5.51. The highest BCUT2D eigenvalue weighted by Gasteiger charge is 2.19. The van der Waals surface area contributed by atoms with Gasteiger partial charge < -0.3 is 14.8 Å². The Balaban J connectivity index is 1.73. The second-order valence-corrected chi connectivity index (χ2v) is 10.5. The van der Waals surface area contributed by atoms with Gasteiger partial charge in [-0.3, -0.25) is 0 Å². The lowest BCUT2D eigenvalue weighted by Crippen LogP contribution is -2.19. The molecule has 0 amide bonds. The molecule has 4 rings (SSSR count). The van der Waals surface area contributed by atoms with Crippen LogP contribution in [-0.2, 0) is 24.1 Å². The van der Waals surface area contributed by atoms with Gasteiger partial charge in [-0.15, -0.1) is 0 Å². The fraction of sp³-hybridized carbons (Fsp3) is 0.333. The quantitative estimate of drug-likeness (QED) is 0.332. The molecule has 2 aromatic rings. The smallest absolute Gasteiger partial charge is 0.188 e. The zero-order valence-electron chi connectivity index (χ0n) is 20.6. The number of ether oxygens (including phenoxy) is 2. The molecule has 184 valence electrons. The average Bonchev–Trinajstić information content (AvgIpc) is 2.87. The molecular formula is C30H35FNO2P. The van der Waals surface area contributed by atoms with Crippen molar-refractivity contribution in [3.05, 3.63) is 101 Å². The molecule has 3 atom stereocenters. The summed E-state index contributed by atoms with van der Waals surface area (Å²) in [4.78, 5) is 0. The van der Waals surface area contributed by atoms with Crippen molar-refractivity contribution in [2.45, 2.75) is 32.2 Å². The highest BCUT2D eigenvalue weighted by Crippen LogP contribution is 2.31. The van der Waals surface area contributed by atoms with Gasteiger partial charge in [0.05, 0.1) is 0 Å². The van der Waals surface area contributed by atoms with Crippen LogP contribution in [0.1, 0.15) is 29.5 Å². The maximum absolute atomic E-state index is 14.0. The first-order chi connectivity index (χ1) is 17.2. The molecule has 0 radical (unpaired) electrons. The predicted molar refractivity (Wildman–Crippen MR) is 146 cm³/mol. The molecule has 3 nitrogen and oxygen atoms in total. The fourth-order valence-electron chi connectivity index (χ4n) is 4.72. The maximum atomic E-state index is 14.0. The summed E-state index contributed by atoms with van der Waals surface area (Å²) in [5.41, 5.74) is 3.53. The Morgan fingerprint density at radius 1 is 0.914 bits per heavy atom. The summed E-state index contributed by atoms with van der Waals surface area (Å²) < 4.78 is 25.5. The number of methoxy groups -OCH3 is 1. The van der Waals surface area contributed by atoms with Gasteiger partial charge in [0, 0.05) is 19.0 Å². The van der Waals surface area contributed by atoms with E-state index in [4.69, 9.17) is 9.47 Å². The second kappa shape index (κ2) is 13.0. The third-order valence-corrected chi connectivity index (χ3v) is 7.77. The molecule has 0 aliphatic heterocycles. The van der Waals surface area contributed by atoms with Gasteiger partial charge in [-0.1, -0.05) is 69.3 Å². The molecule has 0 spiro atoms. The summed E-state index contributed by atoms with van der Waals surface area (Å²) in [6.45, 7) is 0.826. The van der Waals surface area contributed by atoms with Crippen molar-refractivity contribution in [3.8, 4) is 5.75 Å². The Bertz CT molecular complexity index is 1120. The molecule has 1 N–H and O–H groups in total. The van der Waals surface area contributed by atoms with Crippen LogP contribution in [0.2, 0.25) is 0 Å². The number of benzene rings is 2. The van der Waals surface area contributed by atoms with E-state index >= 15 is 0 Å². The van der Waals surface area contributed by atoms with Crippen LogP contribution < -0.4 is 20.7 Å². The normalized spacial score (nSPS) is 19.2. The lowest BCUT2D eigenvalue weighted by molar-refractivity contribution is 0.0511. The molecule has 2 aliphatic carbocycles. The van der Waals surface area contributed by atoms with Gasteiger partial charge in [-0.05, 0) is 84.8 Å². The first-order valence-electron chi connectivity index (χ1n) is 12.3. The van der Waals surface area contributed by atoms with Crippen LogP contribution in [0, 0.1) is 17.7 Å². The van der Waals surface area contributed by atoms with Gasteiger partial charge >= 0.3 is 0 Å². The maximum Gasteiger partial charge on any atom is 0.188 e. The van der Waals surface area contributed by atoms with Gasteiger partial charge in [0.25, 0.3) is 0 Å². The lowest BCUT2D eigenvalue weighted by Gasteiger charge is -2.22. The Hall–Kier alpha value is -2.52. The molecule has 0 aromatic heterocycles. The van der Waals surface area contributed by atoms with Gasteiger partial charge in [0.15, 0.2) is 6.79 Å². The zero-order valence-corrected chi connectivity index (χ0v) is 21.6. The highest BCUT2D eigenvalue weighted by molar-refractivity contribution is 7.55. The minimum absolute atomic E-state index is 0.202. The van der Waals surface area contributed by atoms with Gasteiger partial charge in [0.2, 0.25) is 0 Å². The summed E-state index contributed by atoms with van der Waals surface area (Å²) in [5, 5.41) is 5.46.